The highest BCUT2D eigenvalue weighted by molar-refractivity contribution is 5.58. The maximum atomic E-state index is 12.9. The molecule has 0 aromatic heterocycles. The van der Waals surface area contributed by atoms with Gasteiger partial charge in [0.05, 0.1) is 11.7 Å². The molecule has 1 aromatic rings. The van der Waals surface area contributed by atoms with Gasteiger partial charge in [0.25, 0.3) is 0 Å². The summed E-state index contributed by atoms with van der Waals surface area (Å²) in [7, 11) is 0. The van der Waals surface area contributed by atoms with Crippen LogP contribution in [0.4, 0.5) is 10.1 Å². The second kappa shape index (κ2) is 3.84. The lowest BCUT2D eigenvalue weighted by Crippen LogP contribution is -2.33. The molecule has 0 bridgehead atoms. The predicted octanol–water partition coefficient (Wildman–Crippen LogP) is 1.35. The van der Waals surface area contributed by atoms with Gasteiger partial charge in [0.2, 0.25) is 0 Å². The van der Waals surface area contributed by atoms with Gasteiger partial charge in [0.1, 0.15) is 18.2 Å². The molecule has 1 unspecified atom stereocenters. The first-order valence-electron chi connectivity index (χ1n) is 4.68. The fourth-order valence-corrected chi connectivity index (χ4v) is 1.55. The molecule has 0 fully saturated rings. The molecule has 1 aliphatic rings. The molecule has 0 saturated heterocycles. The fraction of sp³-hybridized carbons (Fsp3) is 0.400. The Hall–Kier alpha value is -1.29. The average molecular weight is 196 g/mol. The zero-order valence-corrected chi connectivity index (χ0v) is 7.79. The molecule has 1 atom stereocenters. The van der Waals surface area contributed by atoms with Crippen LogP contribution >= 0.6 is 0 Å². The van der Waals surface area contributed by atoms with Crippen LogP contribution in [0.3, 0.4) is 0 Å². The molecule has 0 saturated carbocycles. The van der Waals surface area contributed by atoms with Crippen LogP contribution in [-0.4, -0.2) is 19.2 Å². The van der Waals surface area contributed by atoms with Gasteiger partial charge in [-0.3, -0.25) is 0 Å². The Bertz CT molecular complexity index is 330. The van der Waals surface area contributed by atoms with Crippen molar-refractivity contribution in [1.82, 2.24) is 0 Å². The lowest BCUT2D eigenvalue weighted by molar-refractivity contribution is 0.279. The number of benzene rings is 1. The van der Waals surface area contributed by atoms with E-state index >= 15 is 0 Å². The van der Waals surface area contributed by atoms with Crippen LogP contribution < -0.4 is 15.8 Å². The van der Waals surface area contributed by atoms with Crippen molar-refractivity contribution in [1.29, 1.82) is 0 Å². The quantitative estimate of drug-likeness (QED) is 0.750. The Morgan fingerprint density at radius 1 is 1.57 bits per heavy atom. The summed E-state index contributed by atoms with van der Waals surface area (Å²) in [6.45, 7) is 1.20. The largest absolute Gasteiger partial charge is 0.489 e. The second-order valence-electron chi connectivity index (χ2n) is 3.37. The minimum absolute atomic E-state index is 0.189. The van der Waals surface area contributed by atoms with E-state index in [-0.39, 0.29) is 11.9 Å². The Labute approximate surface area is 82.1 Å². The van der Waals surface area contributed by atoms with Crippen molar-refractivity contribution in [2.45, 2.75) is 12.5 Å². The van der Waals surface area contributed by atoms with Gasteiger partial charge >= 0.3 is 0 Å². The molecule has 14 heavy (non-hydrogen) atoms. The molecule has 0 aliphatic carbocycles. The number of nitrogens with one attached hydrogen (secondary N) is 1. The van der Waals surface area contributed by atoms with E-state index in [1.54, 1.807) is 6.07 Å². The number of halogens is 1. The van der Waals surface area contributed by atoms with Crippen LogP contribution in [0.2, 0.25) is 0 Å². The molecule has 0 spiro atoms. The first-order valence-corrected chi connectivity index (χ1v) is 4.68. The molecule has 3 nitrogen and oxygen atoms in total. The van der Waals surface area contributed by atoms with Gasteiger partial charge in [-0.1, -0.05) is 0 Å². The topological polar surface area (TPSA) is 47.3 Å². The van der Waals surface area contributed by atoms with Crippen molar-refractivity contribution in [3.8, 4) is 5.75 Å². The van der Waals surface area contributed by atoms with Crippen LogP contribution in [0.25, 0.3) is 0 Å². The highest BCUT2D eigenvalue weighted by Crippen LogP contribution is 2.29. The van der Waals surface area contributed by atoms with Crippen LogP contribution in [0, 0.1) is 5.82 Å². The maximum Gasteiger partial charge on any atom is 0.142 e. The maximum absolute atomic E-state index is 12.9. The van der Waals surface area contributed by atoms with Gasteiger partial charge in [0.15, 0.2) is 0 Å². The number of anilines is 1. The Balaban J connectivity index is 2.16. The highest BCUT2D eigenvalue weighted by atomic mass is 19.1. The monoisotopic (exact) mass is 196 g/mol. The molecule has 1 heterocycles. The molecule has 3 N–H and O–H groups in total. The molecule has 1 aromatic carbocycles. The highest BCUT2D eigenvalue weighted by Gasteiger charge is 2.18. The van der Waals surface area contributed by atoms with Gasteiger partial charge in [0, 0.05) is 6.07 Å². The molecule has 76 valence electrons. The average Bonchev–Trinajstić information content (AvgIpc) is 2.17. The van der Waals surface area contributed by atoms with E-state index < -0.39 is 0 Å². The Morgan fingerprint density at radius 3 is 3.21 bits per heavy atom. The van der Waals surface area contributed by atoms with E-state index in [2.05, 4.69) is 5.32 Å². The van der Waals surface area contributed by atoms with Crippen molar-refractivity contribution in [2.24, 2.45) is 5.73 Å². The predicted molar refractivity (Wildman–Crippen MR) is 53.0 cm³/mol. The first kappa shape index (κ1) is 9.27. The van der Waals surface area contributed by atoms with Crippen molar-refractivity contribution < 1.29 is 9.13 Å². The Morgan fingerprint density at radius 2 is 2.43 bits per heavy atom. The SMILES string of the molecule is NCCC1COc2ccc(F)cc2N1. The van der Waals surface area contributed by atoms with Crippen molar-refractivity contribution in [2.75, 3.05) is 18.5 Å². The summed E-state index contributed by atoms with van der Waals surface area (Å²) >= 11 is 0. The second-order valence-corrected chi connectivity index (χ2v) is 3.37. The number of fused-ring (bicyclic) bond motifs is 1. The summed E-state index contributed by atoms with van der Waals surface area (Å²) in [5.74, 6) is 0.452. The Kier molecular flexibility index (Phi) is 2.54. The lowest BCUT2D eigenvalue weighted by Gasteiger charge is -2.27. The molecular weight excluding hydrogens is 183 g/mol. The minimum atomic E-state index is -0.256. The van der Waals surface area contributed by atoms with Gasteiger partial charge in [-0.15, -0.1) is 0 Å². The van der Waals surface area contributed by atoms with Gasteiger partial charge < -0.3 is 15.8 Å². The molecule has 0 radical (unpaired) electrons. The number of ether oxygens (including phenoxy) is 1. The fourth-order valence-electron chi connectivity index (χ4n) is 1.55. The zero-order chi connectivity index (χ0) is 9.97. The van der Waals surface area contributed by atoms with Crippen LogP contribution in [0.1, 0.15) is 6.42 Å². The van der Waals surface area contributed by atoms with Crippen LogP contribution in [-0.2, 0) is 0 Å². The number of hydrogen-bond acceptors (Lipinski definition) is 3. The van der Waals surface area contributed by atoms with E-state index in [9.17, 15) is 4.39 Å². The summed E-state index contributed by atoms with van der Waals surface area (Å²) in [6, 6.07) is 4.66. The standard InChI is InChI=1S/C10H13FN2O/c11-7-1-2-10-9(5-7)13-8(3-4-12)6-14-10/h1-2,5,8,13H,3-4,6,12H2. The van der Waals surface area contributed by atoms with Crippen LogP contribution in [0.15, 0.2) is 18.2 Å². The van der Waals surface area contributed by atoms with Gasteiger partial charge in [-0.05, 0) is 25.1 Å². The summed E-state index contributed by atoms with van der Waals surface area (Å²) in [4.78, 5) is 0. The lowest BCUT2D eigenvalue weighted by atomic mass is 10.1. The first-order chi connectivity index (χ1) is 6.79. The minimum Gasteiger partial charge on any atom is -0.489 e. The smallest absolute Gasteiger partial charge is 0.142 e. The van der Waals surface area contributed by atoms with Crippen LogP contribution in [0.5, 0.6) is 5.75 Å². The van der Waals surface area contributed by atoms with Gasteiger partial charge in [-0.2, -0.15) is 0 Å². The third-order valence-corrected chi connectivity index (χ3v) is 2.26. The zero-order valence-electron chi connectivity index (χ0n) is 7.79. The van der Waals surface area contributed by atoms with E-state index in [4.69, 9.17) is 10.5 Å². The normalized spacial score (nSPS) is 19.4. The molecule has 2 rings (SSSR count). The molecule has 1 aliphatic heterocycles. The van der Waals surface area contributed by atoms with E-state index in [1.807, 2.05) is 0 Å². The molecule has 0 amide bonds. The van der Waals surface area contributed by atoms with Crippen molar-refractivity contribution in [3.05, 3.63) is 24.0 Å². The number of hydrogen-bond donors (Lipinski definition) is 2. The van der Waals surface area contributed by atoms with Crippen molar-refractivity contribution in [3.63, 3.8) is 0 Å². The van der Waals surface area contributed by atoms with E-state index in [0.717, 1.165) is 12.1 Å². The third kappa shape index (κ3) is 1.80. The molecule has 4 heteroatoms. The van der Waals surface area contributed by atoms with Crippen molar-refractivity contribution >= 4 is 5.69 Å². The summed E-state index contributed by atoms with van der Waals surface area (Å²) in [6.07, 6.45) is 0.829. The van der Waals surface area contributed by atoms with Gasteiger partial charge in [-0.25, -0.2) is 4.39 Å². The third-order valence-electron chi connectivity index (χ3n) is 2.26. The number of nitrogens with two attached hydrogens (primary N) is 1. The molecular formula is C10H13FN2O. The summed E-state index contributed by atoms with van der Waals surface area (Å²) in [5.41, 5.74) is 6.16. The van der Waals surface area contributed by atoms with E-state index in [1.165, 1.54) is 12.1 Å². The number of rotatable bonds is 2. The van der Waals surface area contributed by atoms with E-state index in [0.29, 0.717) is 18.9 Å². The summed E-state index contributed by atoms with van der Waals surface area (Å²) in [5, 5.41) is 3.19. The summed E-state index contributed by atoms with van der Waals surface area (Å²) < 4.78 is 18.3.